The summed E-state index contributed by atoms with van der Waals surface area (Å²) in [6.07, 6.45) is 25.4. The van der Waals surface area contributed by atoms with E-state index in [0.717, 1.165) is 12.1 Å². The molecule has 0 N–H and O–H groups in total. The number of hydrogen-bond acceptors (Lipinski definition) is 2. The maximum atomic E-state index is 2.72. The third kappa shape index (κ3) is 19.7. The van der Waals surface area contributed by atoms with Gasteiger partial charge in [0.25, 0.3) is 0 Å². The normalized spacial score (nSPS) is 22.0. The van der Waals surface area contributed by atoms with E-state index in [1.807, 2.05) is 0 Å². The van der Waals surface area contributed by atoms with Gasteiger partial charge in [0.2, 0.25) is 0 Å². The first-order chi connectivity index (χ1) is 19.2. The minimum atomic E-state index is 0. The lowest BCUT2D eigenvalue weighted by Crippen LogP contribution is -3.00. The Labute approximate surface area is 278 Å². The highest BCUT2D eigenvalue weighted by Crippen LogP contribution is 2.22. The van der Waals surface area contributed by atoms with Crippen molar-refractivity contribution in [3.8, 4) is 0 Å². The summed E-state index contributed by atoms with van der Waals surface area (Å²) in [6.45, 7) is 19.8. The number of unbranched alkanes of at least 4 members (excludes halogenated alkanes) is 12. The predicted molar refractivity (Wildman–Crippen MR) is 180 cm³/mol. The zero-order valence-electron chi connectivity index (χ0n) is 30.1. The molecular formula is C36H78Cl2N4. The van der Waals surface area contributed by atoms with Gasteiger partial charge in [-0.2, -0.15) is 0 Å². The van der Waals surface area contributed by atoms with Crippen molar-refractivity contribution in [3.05, 3.63) is 0 Å². The fourth-order valence-corrected chi connectivity index (χ4v) is 6.76. The Morgan fingerprint density at radius 1 is 0.452 bits per heavy atom. The zero-order valence-corrected chi connectivity index (χ0v) is 31.6. The molecule has 256 valence electrons. The molecule has 2 heterocycles. The van der Waals surface area contributed by atoms with Gasteiger partial charge >= 0.3 is 0 Å². The molecule has 2 fully saturated rings. The molecule has 0 amide bonds. The van der Waals surface area contributed by atoms with Gasteiger partial charge in [-0.3, -0.25) is 9.80 Å². The lowest BCUT2D eigenvalue weighted by molar-refractivity contribution is -0.920. The van der Waals surface area contributed by atoms with Crippen LogP contribution in [0, 0.1) is 0 Å². The SMILES string of the molecule is CCCCCCCCC1CN(CCCC)CC[N+]1(C)C.CCCCCCCCC1CN(CCCC)CC[N+]1(C)C.[Cl-].[Cl-]. The average Bonchev–Trinajstić information content (AvgIpc) is 2.93. The summed E-state index contributed by atoms with van der Waals surface area (Å²) in [6, 6.07) is 1.73. The van der Waals surface area contributed by atoms with Crippen LogP contribution in [0.2, 0.25) is 0 Å². The lowest BCUT2D eigenvalue weighted by Gasteiger charge is -2.46. The second kappa shape index (κ2) is 26.6. The second-order valence-corrected chi connectivity index (χ2v) is 14.7. The topological polar surface area (TPSA) is 6.48 Å². The molecule has 0 aromatic carbocycles. The first-order valence-electron chi connectivity index (χ1n) is 18.3. The maximum absolute atomic E-state index is 2.72. The number of piperazine rings is 2. The summed E-state index contributed by atoms with van der Waals surface area (Å²) in [4.78, 5) is 5.43. The molecule has 6 heteroatoms. The second-order valence-electron chi connectivity index (χ2n) is 14.7. The van der Waals surface area contributed by atoms with Crippen LogP contribution in [0.3, 0.4) is 0 Å². The minimum Gasteiger partial charge on any atom is -1.00 e. The van der Waals surface area contributed by atoms with Crippen LogP contribution >= 0.6 is 0 Å². The van der Waals surface area contributed by atoms with Gasteiger partial charge in [0.15, 0.2) is 0 Å². The monoisotopic (exact) mass is 637 g/mol. The number of quaternary nitrogens is 2. The summed E-state index contributed by atoms with van der Waals surface area (Å²) in [5.41, 5.74) is 0. The van der Waals surface area contributed by atoms with Gasteiger partial charge < -0.3 is 33.8 Å². The Hall–Kier alpha value is 0.420. The van der Waals surface area contributed by atoms with Crippen molar-refractivity contribution in [2.45, 2.75) is 155 Å². The zero-order chi connectivity index (χ0) is 29.7. The first kappa shape index (κ1) is 44.5. The van der Waals surface area contributed by atoms with Gasteiger partial charge in [0.05, 0.1) is 54.4 Å². The van der Waals surface area contributed by atoms with Crippen molar-refractivity contribution in [2.24, 2.45) is 0 Å². The Balaban J connectivity index is 0. The maximum Gasteiger partial charge on any atom is 0.101 e. The molecule has 2 saturated heterocycles. The molecule has 0 saturated carbocycles. The highest BCUT2D eigenvalue weighted by molar-refractivity contribution is 4.73. The third-order valence-corrected chi connectivity index (χ3v) is 10.3. The van der Waals surface area contributed by atoms with E-state index in [2.05, 4.69) is 65.7 Å². The van der Waals surface area contributed by atoms with Crippen LogP contribution in [0.15, 0.2) is 0 Å². The van der Waals surface area contributed by atoms with E-state index in [4.69, 9.17) is 0 Å². The first-order valence-corrected chi connectivity index (χ1v) is 18.3. The van der Waals surface area contributed by atoms with Gasteiger partial charge in [-0.25, -0.2) is 0 Å². The van der Waals surface area contributed by atoms with Gasteiger partial charge in [-0.1, -0.05) is 105 Å². The molecule has 42 heavy (non-hydrogen) atoms. The van der Waals surface area contributed by atoms with Crippen molar-refractivity contribution in [1.82, 2.24) is 9.80 Å². The van der Waals surface area contributed by atoms with E-state index in [0.29, 0.717) is 0 Å². The van der Waals surface area contributed by atoms with Crippen LogP contribution in [-0.4, -0.2) is 111 Å². The molecule has 2 atom stereocenters. The Morgan fingerprint density at radius 3 is 1.10 bits per heavy atom. The lowest BCUT2D eigenvalue weighted by atomic mass is 10.0. The van der Waals surface area contributed by atoms with E-state index in [1.165, 1.54) is 177 Å². The Bertz CT molecular complexity index is 537. The molecule has 0 aromatic rings. The summed E-state index contributed by atoms with van der Waals surface area (Å²) in [5, 5.41) is 0. The number of nitrogens with zero attached hydrogens (tertiary/aromatic N) is 4. The van der Waals surface area contributed by atoms with E-state index < -0.39 is 0 Å². The molecule has 4 nitrogen and oxygen atoms in total. The quantitative estimate of drug-likeness (QED) is 0.150. The van der Waals surface area contributed by atoms with Crippen molar-refractivity contribution < 1.29 is 33.8 Å². The van der Waals surface area contributed by atoms with Crippen molar-refractivity contribution in [2.75, 3.05) is 80.5 Å². The van der Waals surface area contributed by atoms with Gasteiger partial charge in [0.1, 0.15) is 12.1 Å². The summed E-state index contributed by atoms with van der Waals surface area (Å²) in [7, 11) is 9.77. The van der Waals surface area contributed by atoms with Gasteiger partial charge in [-0.05, 0) is 38.8 Å². The minimum absolute atomic E-state index is 0. The number of likely N-dealkylation sites (N-methyl/N-ethyl adjacent to an activating group) is 2. The Morgan fingerprint density at radius 2 is 0.762 bits per heavy atom. The average molecular weight is 638 g/mol. The van der Waals surface area contributed by atoms with Crippen LogP contribution in [-0.2, 0) is 0 Å². The number of halogens is 2. The fraction of sp³-hybridized carbons (Fsp3) is 1.00. The van der Waals surface area contributed by atoms with Crippen molar-refractivity contribution in [3.63, 3.8) is 0 Å². The molecule has 0 radical (unpaired) electrons. The molecule has 0 spiro atoms. The largest absolute Gasteiger partial charge is 1.00 e. The molecule has 2 aliphatic heterocycles. The summed E-state index contributed by atoms with van der Waals surface area (Å²) in [5.74, 6) is 0. The van der Waals surface area contributed by atoms with Crippen LogP contribution in [0.4, 0.5) is 0 Å². The summed E-state index contributed by atoms with van der Waals surface area (Å²) >= 11 is 0. The van der Waals surface area contributed by atoms with Crippen LogP contribution < -0.4 is 24.8 Å². The predicted octanol–water partition coefficient (Wildman–Crippen LogP) is 2.60. The van der Waals surface area contributed by atoms with Gasteiger partial charge in [0, 0.05) is 25.9 Å². The van der Waals surface area contributed by atoms with Crippen LogP contribution in [0.25, 0.3) is 0 Å². The molecular weight excluding hydrogens is 559 g/mol. The smallest absolute Gasteiger partial charge is 0.101 e. The van der Waals surface area contributed by atoms with Crippen LogP contribution in [0.1, 0.15) is 143 Å². The third-order valence-electron chi connectivity index (χ3n) is 10.3. The van der Waals surface area contributed by atoms with E-state index in [1.54, 1.807) is 0 Å². The van der Waals surface area contributed by atoms with E-state index >= 15 is 0 Å². The fourth-order valence-electron chi connectivity index (χ4n) is 6.76. The standard InChI is InChI=1S/2C18H39N2.2ClH/c2*1-5-7-9-10-11-12-13-18-17-19(14-8-6-2)15-16-20(18,3)4;;/h2*18H,5-17H2,1-4H3;2*1H/q2*+1;;/p-2. The van der Waals surface area contributed by atoms with E-state index in [9.17, 15) is 0 Å². The molecule has 2 rings (SSSR count). The molecule has 0 aliphatic carbocycles. The highest BCUT2D eigenvalue weighted by Gasteiger charge is 2.35. The number of hydrogen-bond donors (Lipinski definition) is 0. The number of rotatable bonds is 20. The molecule has 0 aromatic heterocycles. The highest BCUT2D eigenvalue weighted by atomic mass is 35.5. The molecule has 2 aliphatic rings. The van der Waals surface area contributed by atoms with Crippen molar-refractivity contribution >= 4 is 0 Å². The molecule has 2 unspecified atom stereocenters. The molecule has 0 bridgehead atoms. The van der Waals surface area contributed by atoms with Crippen LogP contribution in [0.5, 0.6) is 0 Å². The van der Waals surface area contributed by atoms with E-state index in [-0.39, 0.29) is 24.8 Å². The van der Waals surface area contributed by atoms with Crippen molar-refractivity contribution in [1.29, 1.82) is 0 Å². The van der Waals surface area contributed by atoms with Gasteiger partial charge in [-0.15, -0.1) is 0 Å². The Kier molecular flexibility index (Phi) is 28.2. The summed E-state index contributed by atoms with van der Waals surface area (Å²) < 4.78 is 2.50.